The standard InChI is InChI=1S/C28H29N3O2/c1-4-11-31(12-5-2)26-16-21-23(13-17(26)6-3)30-25-14-19-24(15-20(25)28(21)33)29-22-10-8-7-9-18(22)27(19)32/h7-10,13-16H,4-6,11-12H2,1-3H3,(H,29,32)(H,30,33). The van der Waals surface area contributed by atoms with Crippen molar-refractivity contribution in [3.63, 3.8) is 0 Å². The van der Waals surface area contributed by atoms with Gasteiger partial charge in [0.15, 0.2) is 10.9 Å². The first-order valence-electron chi connectivity index (χ1n) is 11.9. The summed E-state index contributed by atoms with van der Waals surface area (Å²) in [5, 5.41) is 2.51. The average Bonchev–Trinajstić information content (AvgIpc) is 2.83. The first-order valence-corrected chi connectivity index (χ1v) is 11.9. The second-order valence-corrected chi connectivity index (χ2v) is 8.76. The number of pyridine rings is 2. The fourth-order valence-electron chi connectivity index (χ4n) is 4.95. The summed E-state index contributed by atoms with van der Waals surface area (Å²) in [5.41, 5.74) is 5.30. The molecule has 0 fully saturated rings. The van der Waals surface area contributed by atoms with Crippen LogP contribution < -0.4 is 15.8 Å². The maximum absolute atomic E-state index is 13.6. The highest BCUT2D eigenvalue weighted by Crippen LogP contribution is 2.28. The molecule has 0 bridgehead atoms. The summed E-state index contributed by atoms with van der Waals surface area (Å²) in [4.78, 5) is 35.9. The van der Waals surface area contributed by atoms with Gasteiger partial charge in [-0.3, -0.25) is 9.59 Å². The summed E-state index contributed by atoms with van der Waals surface area (Å²) < 4.78 is 0. The summed E-state index contributed by atoms with van der Waals surface area (Å²) in [6.07, 6.45) is 3.00. The molecule has 5 aromatic rings. The van der Waals surface area contributed by atoms with E-state index in [4.69, 9.17) is 0 Å². The zero-order chi connectivity index (χ0) is 23.1. The van der Waals surface area contributed by atoms with Crippen LogP contribution in [0.1, 0.15) is 39.2 Å². The molecule has 5 nitrogen and oxygen atoms in total. The van der Waals surface area contributed by atoms with Gasteiger partial charge in [0.2, 0.25) is 0 Å². The summed E-state index contributed by atoms with van der Waals surface area (Å²) >= 11 is 0. The minimum absolute atomic E-state index is 0.00786. The molecule has 2 N–H and O–H groups in total. The van der Waals surface area contributed by atoms with Crippen molar-refractivity contribution in [3.8, 4) is 0 Å². The fourth-order valence-corrected chi connectivity index (χ4v) is 4.95. The van der Waals surface area contributed by atoms with Gasteiger partial charge in [-0.15, -0.1) is 0 Å². The fraction of sp³-hybridized carbons (Fsp3) is 0.286. The quantitative estimate of drug-likeness (QED) is 0.325. The van der Waals surface area contributed by atoms with E-state index in [0.717, 1.165) is 49.1 Å². The van der Waals surface area contributed by atoms with Gasteiger partial charge in [-0.1, -0.05) is 32.9 Å². The second-order valence-electron chi connectivity index (χ2n) is 8.76. The molecule has 0 aliphatic rings. The number of para-hydroxylation sites is 1. The molecule has 33 heavy (non-hydrogen) atoms. The predicted octanol–water partition coefficient (Wildman–Crippen LogP) is 5.86. The van der Waals surface area contributed by atoms with Crippen molar-refractivity contribution in [2.45, 2.75) is 40.0 Å². The van der Waals surface area contributed by atoms with Crippen LogP contribution in [0.4, 0.5) is 5.69 Å². The van der Waals surface area contributed by atoms with Crippen LogP contribution in [0.2, 0.25) is 0 Å². The van der Waals surface area contributed by atoms with Crippen LogP contribution in [0.3, 0.4) is 0 Å². The summed E-state index contributed by atoms with van der Waals surface area (Å²) in [6.45, 7) is 8.46. The largest absolute Gasteiger partial charge is 0.371 e. The summed E-state index contributed by atoms with van der Waals surface area (Å²) in [7, 11) is 0. The Kier molecular flexibility index (Phi) is 5.41. The molecule has 0 unspecified atom stereocenters. The number of fused-ring (bicyclic) bond motifs is 4. The van der Waals surface area contributed by atoms with E-state index in [0.29, 0.717) is 32.6 Å². The van der Waals surface area contributed by atoms with Gasteiger partial charge in [0.05, 0.1) is 16.6 Å². The summed E-state index contributed by atoms with van der Waals surface area (Å²) in [6, 6.07) is 15.3. The van der Waals surface area contributed by atoms with Gasteiger partial charge in [-0.05, 0) is 61.2 Å². The lowest BCUT2D eigenvalue weighted by atomic mass is 10.0. The molecule has 0 spiro atoms. The zero-order valence-electron chi connectivity index (χ0n) is 19.4. The maximum atomic E-state index is 13.6. The van der Waals surface area contributed by atoms with E-state index in [-0.39, 0.29) is 10.9 Å². The smallest absolute Gasteiger partial charge is 0.197 e. The molecule has 168 valence electrons. The van der Waals surface area contributed by atoms with Crippen molar-refractivity contribution in [1.82, 2.24) is 9.97 Å². The number of anilines is 1. The number of aromatic nitrogens is 2. The van der Waals surface area contributed by atoms with Crippen molar-refractivity contribution >= 4 is 49.3 Å². The minimum Gasteiger partial charge on any atom is -0.371 e. The maximum Gasteiger partial charge on any atom is 0.197 e. The Bertz CT molecular complexity index is 1620. The molecule has 0 atom stereocenters. The predicted molar refractivity (Wildman–Crippen MR) is 140 cm³/mol. The van der Waals surface area contributed by atoms with E-state index >= 15 is 0 Å². The van der Waals surface area contributed by atoms with Crippen LogP contribution in [0.25, 0.3) is 43.6 Å². The highest BCUT2D eigenvalue weighted by molar-refractivity contribution is 6.03. The van der Waals surface area contributed by atoms with Gasteiger partial charge in [-0.2, -0.15) is 0 Å². The van der Waals surface area contributed by atoms with Crippen molar-refractivity contribution < 1.29 is 0 Å². The molecule has 5 heteroatoms. The molecule has 0 saturated carbocycles. The minimum atomic E-state index is -0.0263. The van der Waals surface area contributed by atoms with E-state index in [1.807, 2.05) is 36.4 Å². The molecule has 0 aliphatic carbocycles. The first kappa shape index (κ1) is 21.3. The third-order valence-corrected chi connectivity index (χ3v) is 6.53. The molecular weight excluding hydrogens is 410 g/mol. The zero-order valence-corrected chi connectivity index (χ0v) is 19.4. The Balaban J connectivity index is 1.82. The third kappa shape index (κ3) is 3.48. The van der Waals surface area contributed by atoms with E-state index in [9.17, 15) is 9.59 Å². The Morgan fingerprint density at radius 2 is 1.21 bits per heavy atom. The van der Waals surface area contributed by atoms with Gasteiger partial charge in [0, 0.05) is 45.8 Å². The number of nitrogens with zero attached hydrogens (tertiary/aromatic N) is 1. The molecule has 3 aromatic carbocycles. The second kappa shape index (κ2) is 8.39. The highest BCUT2D eigenvalue weighted by Gasteiger charge is 2.15. The number of benzene rings is 3. The van der Waals surface area contributed by atoms with Crippen molar-refractivity contribution in [2.75, 3.05) is 18.0 Å². The molecule has 2 aromatic heterocycles. The highest BCUT2D eigenvalue weighted by atomic mass is 16.1. The number of rotatable bonds is 6. The lowest BCUT2D eigenvalue weighted by molar-refractivity contribution is 0.741. The van der Waals surface area contributed by atoms with Gasteiger partial charge in [0.25, 0.3) is 0 Å². The van der Waals surface area contributed by atoms with Crippen LogP contribution >= 0.6 is 0 Å². The monoisotopic (exact) mass is 439 g/mol. The third-order valence-electron chi connectivity index (χ3n) is 6.53. The number of H-pyrrole nitrogens is 2. The lowest BCUT2D eigenvalue weighted by Gasteiger charge is -2.26. The van der Waals surface area contributed by atoms with Crippen LogP contribution in [0.15, 0.2) is 58.1 Å². The van der Waals surface area contributed by atoms with Crippen LogP contribution in [0.5, 0.6) is 0 Å². The van der Waals surface area contributed by atoms with Gasteiger partial charge < -0.3 is 14.9 Å². The van der Waals surface area contributed by atoms with Crippen molar-refractivity contribution in [1.29, 1.82) is 0 Å². The Morgan fingerprint density at radius 3 is 1.85 bits per heavy atom. The van der Waals surface area contributed by atoms with Crippen LogP contribution in [-0.2, 0) is 6.42 Å². The molecule has 0 aliphatic heterocycles. The van der Waals surface area contributed by atoms with Gasteiger partial charge in [0.1, 0.15) is 0 Å². The van der Waals surface area contributed by atoms with Gasteiger partial charge >= 0.3 is 0 Å². The first-order chi connectivity index (χ1) is 16.0. The van der Waals surface area contributed by atoms with E-state index in [1.165, 1.54) is 5.56 Å². The SMILES string of the molecule is CCCN(CCC)c1cc2c(=O)c3cc4[nH]c5ccccc5c(=O)c4cc3[nH]c2cc1CC. The molecular formula is C28H29N3O2. The Hall–Kier alpha value is -3.60. The number of hydrogen-bond acceptors (Lipinski definition) is 3. The van der Waals surface area contributed by atoms with Crippen molar-refractivity contribution in [3.05, 3.63) is 74.5 Å². The molecule has 2 heterocycles. The number of aryl methyl sites for hydroxylation is 1. The molecule has 5 rings (SSSR count). The molecule has 0 radical (unpaired) electrons. The number of hydrogen-bond donors (Lipinski definition) is 2. The summed E-state index contributed by atoms with van der Waals surface area (Å²) in [5.74, 6) is 0. The molecule has 0 saturated heterocycles. The van der Waals surface area contributed by atoms with Gasteiger partial charge in [-0.25, -0.2) is 0 Å². The van der Waals surface area contributed by atoms with E-state index in [2.05, 4.69) is 47.8 Å². The van der Waals surface area contributed by atoms with Crippen LogP contribution in [0, 0.1) is 0 Å². The Labute approximate surface area is 192 Å². The van der Waals surface area contributed by atoms with Crippen molar-refractivity contribution in [2.24, 2.45) is 0 Å². The number of nitrogens with one attached hydrogen (secondary N) is 2. The number of aromatic amines is 2. The lowest BCUT2D eigenvalue weighted by Crippen LogP contribution is -2.26. The Morgan fingerprint density at radius 1 is 0.667 bits per heavy atom. The topological polar surface area (TPSA) is 69.0 Å². The molecule has 0 amide bonds. The van der Waals surface area contributed by atoms with E-state index in [1.54, 1.807) is 0 Å². The normalized spacial score (nSPS) is 11.7. The average molecular weight is 440 g/mol. The van der Waals surface area contributed by atoms with Crippen LogP contribution in [-0.4, -0.2) is 23.1 Å². The van der Waals surface area contributed by atoms with E-state index < -0.39 is 0 Å².